The molecule has 1 saturated heterocycles. The van der Waals surface area contributed by atoms with E-state index in [9.17, 15) is 4.79 Å². The van der Waals surface area contributed by atoms with E-state index in [0.717, 1.165) is 25.9 Å². The van der Waals surface area contributed by atoms with Crippen LogP contribution in [-0.4, -0.2) is 64.8 Å². The van der Waals surface area contributed by atoms with Crippen molar-refractivity contribution in [2.24, 2.45) is 5.92 Å². The standard InChI is InChI=1S/C15H29NO5/c1-15(2,13-4-6-16-7-5-13)21-14(17)12-20-11-10-19-9-8-18-3/h13,16H,4-12H2,1-3H3. The van der Waals surface area contributed by atoms with Gasteiger partial charge in [0.25, 0.3) is 0 Å². The third kappa shape index (κ3) is 7.76. The summed E-state index contributed by atoms with van der Waals surface area (Å²) in [5.74, 6) is 0.0931. The second kappa shape index (κ2) is 10.1. The molecule has 0 amide bonds. The zero-order chi connectivity index (χ0) is 15.6. The molecule has 1 aliphatic rings. The van der Waals surface area contributed by atoms with Gasteiger partial charge in [-0.25, -0.2) is 4.79 Å². The van der Waals surface area contributed by atoms with Crippen LogP contribution >= 0.6 is 0 Å². The normalized spacial score (nSPS) is 16.9. The van der Waals surface area contributed by atoms with Gasteiger partial charge in [-0.3, -0.25) is 0 Å². The Labute approximate surface area is 127 Å². The Morgan fingerprint density at radius 2 is 1.71 bits per heavy atom. The second-order valence-electron chi connectivity index (χ2n) is 5.76. The van der Waals surface area contributed by atoms with Crippen LogP contribution in [0.15, 0.2) is 0 Å². The first-order valence-electron chi connectivity index (χ1n) is 7.63. The molecule has 0 bridgehead atoms. The lowest BCUT2D eigenvalue weighted by Gasteiger charge is -2.36. The molecule has 1 heterocycles. The molecule has 6 heteroatoms. The highest BCUT2D eigenvalue weighted by atomic mass is 16.6. The lowest BCUT2D eigenvalue weighted by Crippen LogP contribution is -2.43. The summed E-state index contributed by atoms with van der Waals surface area (Å²) in [5, 5.41) is 3.31. The van der Waals surface area contributed by atoms with Crippen LogP contribution in [0.1, 0.15) is 26.7 Å². The molecule has 1 rings (SSSR count). The van der Waals surface area contributed by atoms with Crippen molar-refractivity contribution in [3.05, 3.63) is 0 Å². The van der Waals surface area contributed by atoms with E-state index < -0.39 is 5.60 Å². The Morgan fingerprint density at radius 1 is 1.10 bits per heavy atom. The summed E-state index contributed by atoms with van der Waals surface area (Å²) in [7, 11) is 1.62. The van der Waals surface area contributed by atoms with E-state index in [1.807, 2.05) is 13.8 Å². The van der Waals surface area contributed by atoms with Crippen molar-refractivity contribution in [3.63, 3.8) is 0 Å². The third-order valence-corrected chi connectivity index (χ3v) is 3.72. The fourth-order valence-electron chi connectivity index (χ4n) is 2.44. The first-order chi connectivity index (χ1) is 10.1. The van der Waals surface area contributed by atoms with E-state index in [1.165, 1.54) is 0 Å². The van der Waals surface area contributed by atoms with Crippen LogP contribution in [0.2, 0.25) is 0 Å². The molecule has 0 aromatic heterocycles. The number of esters is 1. The number of rotatable bonds is 10. The number of ether oxygens (including phenoxy) is 4. The maximum atomic E-state index is 11.8. The van der Waals surface area contributed by atoms with E-state index in [4.69, 9.17) is 18.9 Å². The Hall–Kier alpha value is -0.690. The Morgan fingerprint density at radius 3 is 2.38 bits per heavy atom. The van der Waals surface area contributed by atoms with Crippen molar-refractivity contribution in [1.29, 1.82) is 0 Å². The summed E-state index contributed by atoms with van der Waals surface area (Å²) in [6.45, 7) is 7.84. The average Bonchev–Trinajstić information content (AvgIpc) is 2.47. The van der Waals surface area contributed by atoms with Crippen LogP contribution in [-0.2, 0) is 23.7 Å². The largest absolute Gasteiger partial charge is 0.458 e. The number of hydrogen-bond donors (Lipinski definition) is 1. The van der Waals surface area contributed by atoms with Crippen LogP contribution in [0.5, 0.6) is 0 Å². The summed E-state index contributed by atoms with van der Waals surface area (Å²) >= 11 is 0. The van der Waals surface area contributed by atoms with Gasteiger partial charge in [0, 0.05) is 13.0 Å². The average molecular weight is 303 g/mol. The molecule has 1 fully saturated rings. The molecule has 0 aliphatic carbocycles. The summed E-state index contributed by atoms with van der Waals surface area (Å²) in [6.07, 6.45) is 2.07. The van der Waals surface area contributed by atoms with Crippen LogP contribution < -0.4 is 5.32 Å². The van der Waals surface area contributed by atoms with Crippen LogP contribution in [0.3, 0.4) is 0 Å². The minimum Gasteiger partial charge on any atom is -0.458 e. The minimum atomic E-state index is -0.433. The molecule has 0 saturated carbocycles. The maximum Gasteiger partial charge on any atom is 0.332 e. The molecule has 21 heavy (non-hydrogen) atoms. The number of carbonyl (C=O) groups excluding carboxylic acids is 1. The lowest BCUT2D eigenvalue weighted by atomic mass is 9.83. The molecule has 0 aromatic carbocycles. The van der Waals surface area contributed by atoms with Crippen molar-refractivity contribution < 1.29 is 23.7 Å². The Kier molecular flexibility index (Phi) is 8.84. The molecule has 124 valence electrons. The van der Waals surface area contributed by atoms with Gasteiger partial charge in [-0.05, 0) is 39.8 Å². The molecule has 0 spiro atoms. The smallest absolute Gasteiger partial charge is 0.332 e. The Bertz CT molecular complexity index is 290. The highest BCUT2D eigenvalue weighted by Crippen LogP contribution is 2.28. The maximum absolute atomic E-state index is 11.8. The molecule has 0 radical (unpaired) electrons. The number of hydrogen-bond acceptors (Lipinski definition) is 6. The SMILES string of the molecule is COCCOCCOCC(=O)OC(C)(C)C1CCNCC1. The molecular weight excluding hydrogens is 274 g/mol. The molecule has 1 N–H and O–H groups in total. The number of nitrogens with one attached hydrogen (secondary N) is 1. The van der Waals surface area contributed by atoms with E-state index in [-0.39, 0.29) is 12.6 Å². The predicted molar refractivity (Wildman–Crippen MR) is 79.3 cm³/mol. The molecule has 1 aliphatic heterocycles. The zero-order valence-electron chi connectivity index (χ0n) is 13.5. The Balaban J connectivity index is 2.11. The number of carbonyl (C=O) groups is 1. The lowest BCUT2D eigenvalue weighted by molar-refractivity contribution is -0.168. The van der Waals surface area contributed by atoms with Gasteiger partial charge in [-0.15, -0.1) is 0 Å². The van der Waals surface area contributed by atoms with Crippen molar-refractivity contribution in [1.82, 2.24) is 5.32 Å². The second-order valence-corrected chi connectivity index (χ2v) is 5.76. The monoisotopic (exact) mass is 303 g/mol. The number of methoxy groups -OCH3 is 1. The van der Waals surface area contributed by atoms with Gasteiger partial charge in [0.2, 0.25) is 0 Å². The molecular formula is C15H29NO5. The van der Waals surface area contributed by atoms with Gasteiger partial charge in [0.15, 0.2) is 0 Å². The van der Waals surface area contributed by atoms with Gasteiger partial charge >= 0.3 is 5.97 Å². The molecule has 0 aromatic rings. The predicted octanol–water partition coefficient (Wildman–Crippen LogP) is 0.987. The van der Waals surface area contributed by atoms with Crippen molar-refractivity contribution in [3.8, 4) is 0 Å². The molecule has 6 nitrogen and oxygen atoms in total. The van der Waals surface area contributed by atoms with Gasteiger partial charge in [-0.1, -0.05) is 0 Å². The van der Waals surface area contributed by atoms with Gasteiger partial charge in [-0.2, -0.15) is 0 Å². The van der Waals surface area contributed by atoms with E-state index in [1.54, 1.807) is 7.11 Å². The van der Waals surface area contributed by atoms with E-state index in [0.29, 0.717) is 32.3 Å². The first-order valence-corrected chi connectivity index (χ1v) is 7.63. The summed E-state index contributed by atoms with van der Waals surface area (Å²) < 4.78 is 20.9. The zero-order valence-corrected chi connectivity index (χ0v) is 13.5. The minimum absolute atomic E-state index is 0.0258. The fraction of sp³-hybridized carbons (Fsp3) is 0.933. The number of piperidine rings is 1. The van der Waals surface area contributed by atoms with Gasteiger partial charge in [0.1, 0.15) is 12.2 Å². The molecule has 0 atom stereocenters. The summed E-state index contributed by atoms with van der Waals surface area (Å²) in [6, 6.07) is 0. The van der Waals surface area contributed by atoms with Crippen LogP contribution in [0, 0.1) is 5.92 Å². The third-order valence-electron chi connectivity index (χ3n) is 3.72. The summed E-state index contributed by atoms with van der Waals surface area (Å²) in [4.78, 5) is 11.8. The highest BCUT2D eigenvalue weighted by Gasteiger charge is 2.33. The highest BCUT2D eigenvalue weighted by molar-refractivity contribution is 5.71. The van der Waals surface area contributed by atoms with E-state index in [2.05, 4.69) is 5.32 Å². The van der Waals surface area contributed by atoms with Crippen molar-refractivity contribution in [2.45, 2.75) is 32.3 Å². The quantitative estimate of drug-likeness (QED) is 0.479. The van der Waals surface area contributed by atoms with E-state index >= 15 is 0 Å². The fourth-order valence-corrected chi connectivity index (χ4v) is 2.44. The van der Waals surface area contributed by atoms with Gasteiger partial charge < -0.3 is 24.3 Å². The van der Waals surface area contributed by atoms with Crippen molar-refractivity contribution >= 4 is 5.97 Å². The van der Waals surface area contributed by atoms with Gasteiger partial charge in [0.05, 0.1) is 26.4 Å². The molecule has 0 unspecified atom stereocenters. The topological polar surface area (TPSA) is 66.0 Å². The van der Waals surface area contributed by atoms with Crippen LogP contribution in [0.25, 0.3) is 0 Å². The van der Waals surface area contributed by atoms with Crippen molar-refractivity contribution in [2.75, 3.05) is 53.2 Å². The summed E-state index contributed by atoms with van der Waals surface area (Å²) in [5.41, 5.74) is -0.433. The first kappa shape index (κ1) is 18.4. The van der Waals surface area contributed by atoms with Crippen LogP contribution in [0.4, 0.5) is 0 Å².